The Morgan fingerprint density at radius 2 is 2.25 bits per heavy atom. The van der Waals surface area contributed by atoms with Gasteiger partial charge in [0.15, 0.2) is 0 Å². The van der Waals surface area contributed by atoms with Gasteiger partial charge in [-0.3, -0.25) is 0 Å². The molecule has 0 saturated carbocycles. The van der Waals surface area contributed by atoms with Crippen molar-refractivity contribution < 1.29 is 18.7 Å². The lowest BCUT2D eigenvalue weighted by molar-refractivity contribution is 0.0492. The zero-order chi connectivity index (χ0) is 13.9. The molecule has 0 spiro atoms. The first-order chi connectivity index (χ1) is 9.81. The maximum atomic E-state index is 12.1. The monoisotopic (exact) mass is 276 g/mol. The number of hydrogen-bond donors (Lipinski definition) is 0. The van der Waals surface area contributed by atoms with Gasteiger partial charge in [-0.1, -0.05) is 0 Å². The normalized spacial score (nSPS) is 15.6. The molecule has 20 heavy (non-hydrogen) atoms. The summed E-state index contributed by atoms with van der Waals surface area (Å²) in [7, 11) is 0. The minimum atomic E-state index is -0.452. The highest BCUT2D eigenvalue weighted by molar-refractivity contribution is 6.03. The number of rotatable bonds is 3. The van der Waals surface area contributed by atoms with E-state index in [1.807, 2.05) is 12.1 Å². The van der Waals surface area contributed by atoms with Crippen LogP contribution < -0.4 is 4.90 Å². The molecule has 2 aromatic heterocycles. The van der Waals surface area contributed by atoms with Gasteiger partial charge in [0.1, 0.15) is 5.69 Å². The smallest absolute Gasteiger partial charge is 0.376 e. The predicted octanol–water partition coefficient (Wildman–Crippen LogP) is 1.84. The molecule has 106 valence electrons. The number of pyridine rings is 1. The maximum Gasteiger partial charge on any atom is 0.376 e. The third-order valence-electron chi connectivity index (χ3n) is 3.23. The standard InChI is InChI=1S/C14H16N2O4/c1-2-19-14(17)12-11(16-6-8-18-9-7-16)10-4-3-5-15-13(10)20-12/h3-5H,2,6-9H2,1H3. The second-order valence-corrected chi connectivity index (χ2v) is 4.46. The fraction of sp³-hybridized carbons (Fsp3) is 0.429. The highest BCUT2D eigenvalue weighted by atomic mass is 16.5. The van der Waals surface area contributed by atoms with Gasteiger partial charge in [-0.05, 0) is 19.1 Å². The summed E-state index contributed by atoms with van der Waals surface area (Å²) in [5, 5.41) is 0.831. The van der Waals surface area contributed by atoms with E-state index in [4.69, 9.17) is 13.9 Å². The van der Waals surface area contributed by atoms with Crippen LogP contribution in [-0.4, -0.2) is 43.9 Å². The number of morpholine rings is 1. The Morgan fingerprint density at radius 3 is 3.00 bits per heavy atom. The zero-order valence-electron chi connectivity index (χ0n) is 11.3. The highest BCUT2D eigenvalue weighted by Gasteiger charge is 2.27. The SMILES string of the molecule is CCOC(=O)c1oc2ncccc2c1N1CCOCC1. The van der Waals surface area contributed by atoms with E-state index in [2.05, 4.69) is 9.88 Å². The van der Waals surface area contributed by atoms with E-state index in [0.29, 0.717) is 25.5 Å². The Morgan fingerprint density at radius 1 is 1.45 bits per heavy atom. The highest BCUT2D eigenvalue weighted by Crippen LogP contribution is 2.33. The lowest BCUT2D eigenvalue weighted by Crippen LogP contribution is -2.37. The molecule has 2 aromatic rings. The number of carbonyl (C=O) groups excluding carboxylic acids is 1. The van der Waals surface area contributed by atoms with Crippen LogP contribution in [0.2, 0.25) is 0 Å². The van der Waals surface area contributed by atoms with Gasteiger partial charge in [0.2, 0.25) is 11.5 Å². The Hall–Kier alpha value is -2.08. The molecule has 1 aliphatic rings. The van der Waals surface area contributed by atoms with Crippen molar-refractivity contribution in [1.29, 1.82) is 0 Å². The average molecular weight is 276 g/mol. The molecule has 3 rings (SSSR count). The van der Waals surface area contributed by atoms with Gasteiger partial charge in [0, 0.05) is 19.3 Å². The molecular weight excluding hydrogens is 260 g/mol. The van der Waals surface area contributed by atoms with E-state index in [1.165, 1.54) is 0 Å². The van der Waals surface area contributed by atoms with E-state index in [0.717, 1.165) is 24.2 Å². The summed E-state index contributed by atoms with van der Waals surface area (Å²) in [6.07, 6.45) is 1.64. The minimum Gasteiger partial charge on any atom is -0.460 e. The maximum absolute atomic E-state index is 12.1. The van der Waals surface area contributed by atoms with Crippen molar-refractivity contribution >= 4 is 22.8 Å². The van der Waals surface area contributed by atoms with Crippen molar-refractivity contribution in [2.75, 3.05) is 37.8 Å². The number of anilines is 1. The van der Waals surface area contributed by atoms with Crippen LogP contribution in [0.4, 0.5) is 5.69 Å². The molecule has 0 unspecified atom stereocenters. The van der Waals surface area contributed by atoms with Gasteiger partial charge in [-0.25, -0.2) is 9.78 Å². The first-order valence-corrected chi connectivity index (χ1v) is 6.68. The predicted molar refractivity (Wildman–Crippen MR) is 73.0 cm³/mol. The zero-order valence-corrected chi connectivity index (χ0v) is 11.3. The summed E-state index contributed by atoms with van der Waals surface area (Å²) in [5.41, 5.74) is 1.21. The third-order valence-corrected chi connectivity index (χ3v) is 3.23. The second kappa shape index (κ2) is 5.50. The quantitative estimate of drug-likeness (QED) is 0.797. The minimum absolute atomic E-state index is 0.224. The number of hydrogen-bond acceptors (Lipinski definition) is 6. The Kier molecular flexibility index (Phi) is 3.56. The molecule has 1 aliphatic heterocycles. The van der Waals surface area contributed by atoms with Crippen LogP contribution in [0.25, 0.3) is 11.1 Å². The molecule has 0 atom stereocenters. The summed E-state index contributed by atoms with van der Waals surface area (Å²) >= 11 is 0. The molecule has 0 radical (unpaired) electrons. The van der Waals surface area contributed by atoms with Gasteiger partial charge in [-0.2, -0.15) is 0 Å². The second-order valence-electron chi connectivity index (χ2n) is 4.46. The number of ether oxygens (including phenoxy) is 2. The van der Waals surface area contributed by atoms with E-state index >= 15 is 0 Å². The van der Waals surface area contributed by atoms with Crippen LogP contribution in [0.15, 0.2) is 22.7 Å². The Labute approximate surface area is 116 Å². The van der Waals surface area contributed by atoms with Gasteiger partial charge in [0.25, 0.3) is 0 Å². The molecule has 0 amide bonds. The molecule has 0 aromatic carbocycles. The first-order valence-electron chi connectivity index (χ1n) is 6.68. The van der Waals surface area contributed by atoms with Crippen molar-refractivity contribution in [2.24, 2.45) is 0 Å². The van der Waals surface area contributed by atoms with Crippen molar-refractivity contribution in [1.82, 2.24) is 4.98 Å². The summed E-state index contributed by atoms with van der Waals surface area (Å²) in [6, 6.07) is 3.73. The number of aromatic nitrogens is 1. The number of carbonyl (C=O) groups is 1. The first kappa shape index (κ1) is 12.9. The molecule has 0 aliphatic carbocycles. The summed E-state index contributed by atoms with van der Waals surface area (Å²) in [5.74, 6) is -0.227. The number of esters is 1. The summed E-state index contributed by atoms with van der Waals surface area (Å²) in [4.78, 5) is 18.3. The van der Waals surface area contributed by atoms with Crippen LogP contribution in [0.3, 0.4) is 0 Å². The number of fused-ring (bicyclic) bond motifs is 1. The van der Waals surface area contributed by atoms with Gasteiger partial charge in [-0.15, -0.1) is 0 Å². The molecule has 3 heterocycles. The van der Waals surface area contributed by atoms with Crippen LogP contribution in [0.1, 0.15) is 17.5 Å². The molecule has 1 saturated heterocycles. The molecule has 1 fully saturated rings. The van der Waals surface area contributed by atoms with Crippen molar-refractivity contribution in [3.63, 3.8) is 0 Å². The van der Waals surface area contributed by atoms with Crippen LogP contribution in [-0.2, 0) is 9.47 Å². The van der Waals surface area contributed by atoms with Crippen LogP contribution in [0, 0.1) is 0 Å². The average Bonchev–Trinajstić information content (AvgIpc) is 2.88. The van der Waals surface area contributed by atoms with Crippen LogP contribution >= 0.6 is 0 Å². The summed E-state index contributed by atoms with van der Waals surface area (Å²) in [6.45, 7) is 4.79. The lowest BCUT2D eigenvalue weighted by Gasteiger charge is -2.28. The Bertz CT molecular complexity index is 617. The fourth-order valence-corrected chi connectivity index (χ4v) is 2.36. The molecule has 6 nitrogen and oxygen atoms in total. The van der Waals surface area contributed by atoms with Gasteiger partial charge >= 0.3 is 5.97 Å². The van der Waals surface area contributed by atoms with Crippen molar-refractivity contribution in [2.45, 2.75) is 6.92 Å². The topological polar surface area (TPSA) is 64.8 Å². The van der Waals surface area contributed by atoms with Gasteiger partial charge in [0.05, 0.1) is 25.2 Å². The third kappa shape index (κ3) is 2.22. The van der Waals surface area contributed by atoms with E-state index in [-0.39, 0.29) is 5.76 Å². The molecule has 0 N–H and O–H groups in total. The van der Waals surface area contributed by atoms with Crippen molar-refractivity contribution in [3.8, 4) is 0 Å². The fourth-order valence-electron chi connectivity index (χ4n) is 2.36. The van der Waals surface area contributed by atoms with Crippen molar-refractivity contribution in [3.05, 3.63) is 24.1 Å². The van der Waals surface area contributed by atoms with Gasteiger partial charge < -0.3 is 18.8 Å². The van der Waals surface area contributed by atoms with E-state index in [1.54, 1.807) is 13.1 Å². The van der Waals surface area contributed by atoms with Crippen LogP contribution in [0.5, 0.6) is 0 Å². The van der Waals surface area contributed by atoms with E-state index in [9.17, 15) is 4.79 Å². The number of furan rings is 1. The summed E-state index contributed by atoms with van der Waals surface area (Å²) < 4.78 is 16.0. The Balaban J connectivity index is 2.09. The lowest BCUT2D eigenvalue weighted by atomic mass is 10.2. The molecule has 0 bridgehead atoms. The van der Waals surface area contributed by atoms with E-state index < -0.39 is 5.97 Å². The molecule has 6 heteroatoms. The number of nitrogens with zero attached hydrogens (tertiary/aromatic N) is 2. The largest absolute Gasteiger partial charge is 0.460 e. The molecular formula is C14H16N2O4.